The van der Waals surface area contributed by atoms with Crippen LogP contribution in [0.25, 0.3) is 0 Å². The molecule has 0 aliphatic heterocycles. The molecule has 92 valence electrons. The van der Waals surface area contributed by atoms with Crippen molar-refractivity contribution in [2.45, 2.75) is 66.0 Å². The molecule has 15 heavy (non-hydrogen) atoms. The molecular formula is C13H27FO. The molecule has 0 saturated heterocycles. The fourth-order valence-corrected chi connectivity index (χ4v) is 0.977. The highest BCUT2D eigenvalue weighted by Gasteiger charge is 2.01. The summed E-state index contributed by atoms with van der Waals surface area (Å²) in [7, 11) is 0. The number of hydrogen-bond donors (Lipinski definition) is 0. The molecule has 1 unspecified atom stereocenters. The molecule has 0 heterocycles. The lowest BCUT2D eigenvalue weighted by Gasteiger charge is -2.05. The van der Waals surface area contributed by atoms with Gasteiger partial charge in [0.25, 0.3) is 0 Å². The van der Waals surface area contributed by atoms with E-state index in [1.54, 1.807) is 6.92 Å². The highest BCUT2D eigenvalue weighted by molar-refractivity contribution is 4.88. The molecule has 0 saturated carbocycles. The largest absolute Gasteiger partial charge is 0.496 e. The van der Waals surface area contributed by atoms with E-state index < -0.39 is 6.17 Å². The van der Waals surface area contributed by atoms with E-state index in [0.29, 0.717) is 6.61 Å². The Morgan fingerprint density at radius 2 is 1.60 bits per heavy atom. The van der Waals surface area contributed by atoms with Gasteiger partial charge >= 0.3 is 0 Å². The first kappa shape index (κ1) is 16.9. The van der Waals surface area contributed by atoms with E-state index in [2.05, 4.69) is 20.4 Å². The maximum Gasteiger partial charge on any atom is 0.153 e. The van der Waals surface area contributed by atoms with Gasteiger partial charge in [0.05, 0.1) is 6.61 Å². The monoisotopic (exact) mass is 218 g/mol. The number of hydrogen-bond acceptors (Lipinski definition) is 1. The second-order valence-electron chi connectivity index (χ2n) is 3.58. The molecule has 2 heteroatoms. The third kappa shape index (κ3) is 16.2. The Morgan fingerprint density at radius 3 is 1.80 bits per heavy atom. The minimum absolute atomic E-state index is 0.215. The third-order valence-electron chi connectivity index (χ3n) is 1.98. The lowest BCUT2D eigenvalue weighted by Crippen LogP contribution is -2.00. The summed E-state index contributed by atoms with van der Waals surface area (Å²) in [4.78, 5) is 0. The van der Waals surface area contributed by atoms with E-state index in [4.69, 9.17) is 4.74 Å². The minimum atomic E-state index is -1.05. The molecule has 1 nitrogen and oxygen atoms in total. The highest BCUT2D eigenvalue weighted by atomic mass is 19.1. The average Bonchev–Trinajstić information content (AvgIpc) is 2.20. The Hall–Kier alpha value is -0.530. The molecule has 0 aromatic rings. The van der Waals surface area contributed by atoms with Crippen molar-refractivity contribution in [1.29, 1.82) is 0 Å². The van der Waals surface area contributed by atoms with Crippen molar-refractivity contribution < 1.29 is 9.13 Å². The zero-order valence-electron chi connectivity index (χ0n) is 10.8. The van der Waals surface area contributed by atoms with Crippen LogP contribution in [0.3, 0.4) is 0 Å². The number of rotatable bonds is 7. The van der Waals surface area contributed by atoms with Crippen molar-refractivity contribution in [3.63, 3.8) is 0 Å². The molecule has 0 amide bonds. The van der Waals surface area contributed by atoms with Gasteiger partial charge in [-0.1, -0.05) is 52.5 Å². The van der Waals surface area contributed by atoms with Crippen molar-refractivity contribution >= 4 is 0 Å². The second-order valence-corrected chi connectivity index (χ2v) is 3.58. The van der Waals surface area contributed by atoms with Gasteiger partial charge in [-0.3, -0.25) is 0 Å². The van der Waals surface area contributed by atoms with Crippen molar-refractivity contribution in [2.75, 3.05) is 6.61 Å². The standard InChI is InChI=1S/C7H16.C6H11FO/c1-3-5-7-6-4-2;1-4-8-6(3)5(2)7/h3-7H2,1-2H3;5H,3-4H2,1-2H3. The van der Waals surface area contributed by atoms with Crippen LogP contribution in [-0.2, 0) is 4.74 Å². The predicted octanol–water partition coefficient (Wildman–Crippen LogP) is 4.87. The van der Waals surface area contributed by atoms with E-state index in [-0.39, 0.29) is 5.76 Å². The Bertz CT molecular complexity index is 128. The lowest BCUT2D eigenvalue weighted by molar-refractivity contribution is 0.175. The molecule has 0 aromatic heterocycles. The first-order valence-corrected chi connectivity index (χ1v) is 6.05. The summed E-state index contributed by atoms with van der Waals surface area (Å²) < 4.78 is 16.8. The van der Waals surface area contributed by atoms with Gasteiger partial charge in [-0.2, -0.15) is 0 Å². The molecule has 0 aromatic carbocycles. The summed E-state index contributed by atoms with van der Waals surface area (Å²) in [6.45, 7) is 11.5. The second kappa shape index (κ2) is 13.5. The number of ether oxygens (including phenoxy) is 1. The minimum Gasteiger partial charge on any atom is -0.496 e. The van der Waals surface area contributed by atoms with Crippen LogP contribution < -0.4 is 0 Å². The maximum atomic E-state index is 12.1. The first-order chi connectivity index (χ1) is 7.09. The van der Waals surface area contributed by atoms with Gasteiger partial charge in [0.15, 0.2) is 6.17 Å². The maximum absolute atomic E-state index is 12.1. The molecule has 0 aliphatic rings. The Balaban J connectivity index is 0. The van der Waals surface area contributed by atoms with Crippen molar-refractivity contribution in [3.8, 4) is 0 Å². The van der Waals surface area contributed by atoms with Gasteiger partial charge in [0.1, 0.15) is 5.76 Å². The Morgan fingerprint density at radius 1 is 1.13 bits per heavy atom. The van der Waals surface area contributed by atoms with E-state index in [1.807, 2.05) is 0 Å². The number of allylic oxidation sites excluding steroid dienone is 1. The smallest absolute Gasteiger partial charge is 0.153 e. The molecule has 0 N–H and O–H groups in total. The average molecular weight is 218 g/mol. The van der Waals surface area contributed by atoms with Gasteiger partial charge in [-0.05, 0) is 13.8 Å². The van der Waals surface area contributed by atoms with Crippen molar-refractivity contribution in [1.82, 2.24) is 0 Å². The van der Waals surface area contributed by atoms with Gasteiger partial charge in [0, 0.05) is 0 Å². The van der Waals surface area contributed by atoms with E-state index in [1.165, 1.54) is 39.0 Å². The molecule has 0 radical (unpaired) electrons. The molecule has 1 atom stereocenters. The topological polar surface area (TPSA) is 9.23 Å². The molecule has 0 rings (SSSR count). The van der Waals surface area contributed by atoms with Crippen LogP contribution in [0.4, 0.5) is 4.39 Å². The van der Waals surface area contributed by atoms with E-state index in [9.17, 15) is 4.39 Å². The van der Waals surface area contributed by atoms with Gasteiger partial charge in [-0.25, -0.2) is 4.39 Å². The summed E-state index contributed by atoms with van der Waals surface area (Å²) in [5.74, 6) is 0.215. The quantitative estimate of drug-likeness (QED) is 0.437. The van der Waals surface area contributed by atoms with Crippen LogP contribution in [-0.4, -0.2) is 12.8 Å². The summed E-state index contributed by atoms with van der Waals surface area (Å²) in [5.41, 5.74) is 0. The third-order valence-corrected chi connectivity index (χ3v) is 1.98. The zero-order chi connectivity index (χ0) is 12.1. The van der Waals surface area contributed by atoms with Crippen LogP contribution in [0, 0.1) is 0 Å². The lowest BCUT2D eigenvalue weighted by atomic mass is 10.2. The Labute approximate surface area is 94.7 Å². The SMILES string of the molecule is C=C(OCC)C(C)F.CCCCCCC. The number of halogens is 1. The molecular weight excluding hydrogens is 191 g/mol. The molecule has 0 aliphatic carbocycles. The van der Waals surface area contributed by atoms with Crippen LogP contribution in [0.5, 0.6) is 0 Å². The summed E-state index contributed by atoms with van der Waals surface area (Å²) in [6.07, 6.45) is 5.96. The van der Waals surface area contributed by atoms with Crippen LogP contribution in [0.1, 0.15) is 59.8 Å². The molecule has 0 spiro atoms. The van der Waals surface area contributed by atoms with Gasteiger partial charge in [-0.15, -0.1) is 0 Å². The van der Waals surface area contributed by atoms with Gasteiger partial charge in [0.2, 0.25) is 0 Å². The van der Waals surface area contributed by atoms with Crippen molar-refractivity contribution in [2.24, 2.45) is 0 Å². The molecule has 0 bridgehead atoms. The zero-order valence-corrected chi connectivity index (χ0v) is 10.8. The van der Waals surface area contributed by atoms with Crippen LogP contribution in [0.2, 0.25) is 0 Å². The van der Waals surface area contributed by atoms with E-state index >= 15 is 0 Å². The highest BCUT2D eigenvalue weighted by Crippen LogP contribution is 2.03. The first-order valence-electron chi connectivity index (χ1n) is 6.05. The van der Waals surface area contributed by atoms with Crippen molar-refractivity contribution in [3.05, 3.63) is 12.3 Å². The predicted molar refractivity (Wildman–Crippen MR) is 65.8 cm³/mol. The fourth-order valence-electron chi connectivity index (χ4n) is 0.977. The molecule has 0 fully saturated rings. The normalized spacial score (nSPS) is 11.3. The van der Waals surface area contributed by atoms with E-state index in [0.717, 1.165) is 0 Å². The fraction of sp³-hybridized carbons (Fsp3) is 0.846. The van der Waals surface area contributed by atoms with Crippen LogP contribution in [0.15, 0.2) is 12.3 Å². The van der Waals surface area contributed by atoms with Gasteiger partial charge < -0.3 is 4.74 Å². The Kier molecular flexibility index (Phi) is 15.2. The number of unbranched alkanes of at least 4 members (excludes halogenated alkanes) is 4. The van der Waals surface area contributed by atoms with Crippen LogP contribution >= 0.6 is 0 Å². The summed E-state index contributed by atoms with van der Waals surface area (Å²) in [5, 5.41) is 0. The summed E-state index contributed by atoms with van der Waals surface area (Å²) >= 11 is 0. The number of alkyl halides is 1. The summed E-state index contributed by atoms with van der Waals surface area (Å²) in [6, 6.07) is 0.